The Labute approximate surface area is 888 Å². The molecule has 31 nitrogen and oxygen atoms in total. The quantitative estimate of drug-likeness (QED) is 0.0672. The van der Waals surface area contributed by atoms with Crippen molar-refractivity contribution in [2.75, 3.05) is 160 Å². The van der Waals surface area contributed by atoms with E-state index in [1.165, 1.54) is 12.5 Å². The third kappa shape index (κ3) is 31.1. The lowest BCUT2D eigenvalue weighted by molar-refractivity contribution is 0.163. The summed E-state index contributed by atoms with van der Waals surface area (Å²) in [7, 11) is 10.5. The Bertz CT molecular complexity index is 6690. The van der Waals surface area contributed by atoms with Gasteiger partial charge in [0.25, 0.3) is 0 Å². The lowest BCUT2D eigenvalue weighted by Gasteiger charge is -2.32. The lowest BCUT2D eigenvalue weighted by Crippen LogP contribution is -2.37. The van der Waals surface area contributed by atoms with Crippen molar-refractivity contribution in [3.63, 3.8) is 0 Å². The van der Waals surface area contributed by atoms with Crippen LogP contribution in [0.4, 0.5) is 17.6 Å². The summed E-state index contributed by atoms with van der Waals surface area (Å²) in [6, 6.07) is 28.9. The predicted molar refractivity (Wildman–Crippen MR) is 587 cm³/mol. The molecule has 0 bridgehead atoms. The van der Waals surface area contributed by atoms with Crippen molar-refractivity contribution in [1.82, 2.24) is 134 Å². The summed E-state index contributed by atoms with van der Waals surface area (Å²) in [4.78, 5) is 32.1. The number of aryl methyl sites for hydroxylation is 8. The highest BCUT2D eigenvalue weighted by molar-refractivity contribution is 7.89. The first-order valence-corrected chi connectivity index (χ1v) is 49.7. The van der Waals surface area contributed by atoms with Crippen molar-refractivity contribution in [2.45, 2.75) is 144 Å². The molecule has 145 heavy (non-hydrogen) atoms. The van der Waals surface area contributed by atoms with Crippen molar-refractivity contribution in [3.8, 4) is 45.0 Å². The third-order valence-electron chi connectivity index (χ3n) is 25.5. The molecule has 786 valence electrons. The number of β-amino-alcohol motifs (C(OH)–C–C–N with tert-alkyl or cyclic N) is 1. The highest BCUT2D eigenvalue weighted by atomic mass is 35.5. The predicted octanol–water partition coefficient (Wildman–Crippen LogP) is 17.7. The molecule has 4 saturated heterocycles. The van der Waals surface area contributed by atoms with Gasteiger partial charge in [0.1, 0.15) is 33.1 Å². The van der Waals surface area contributed by atoms with Crippen molar-refractivity contribution in [2.24, 2.45) is 0 Å². The van der Waals surface area contributed by atoms with Crippen LogP contribution >= 0.6 is 86.8 Å². The molecule has 43 heteroatoms. The molecule has 0 saturated carbocycles. The number of likely N-dealkylation sites (tertiary alicyclic amines) is 4. The van der Waals surface area contributed by atoms with Gasteiger partial charge in [0.2, 0.25) is 0 Å². The molecule has 20 rings (SSSR count). The van der Waals surface area contributed by atoms with Crippen molar-refractivity contribution in [3.05, 3.63) is 213 Å². The van der Waals surface area contributed by atoms with E-state index >= 15 is 17.6 Å². The number of likely N-dealkylation sites (N-methyl/N-ethyl adjacent to an activating group) is 2. The number of aliphatic hydroxyl groups excluding tert-OH is 2. The van der Waals surface area contributed by atoms with E-state index in [-0.39, 0.29) is 123 Å². The number of rotatable bonds is 18. The first kappa shape index (κ1) is 122. The fourth-order valence-corrected chi connectivity index (χ4v) is 18.4. The molecule has 4 fully saturated rings. The second-order valence-corrected chi connectivity index (χ2v) is 39.8. The minimum atomic E-state index is -2.67. The Morgan fingerprint density at radius 3 is 0.752 bits per heavy atom. The van der Waals surface area contributed by atoms with Crippen LogP contribution in [0, 0.1) is 78.7 Å². The average Bonchev–Trinajstić information content (AvgIpc) is 1.77. The molecule has 4 aliphatic rings. The van der Waals surface area contributed by atoms with Crippen LogP contribution in [-0.2, 0) is 9.84 Å². The number of nitrogens with one attached hydrogen (secondary N) is 1. The minimum absolute atomic E-state index is 0. The molecule has 0 amide bonds. The zero-order chi connectivity index (χ0) is 98.5. The summed E-state index contributed by atoms with van der Waals surface area (Å²) in [6.45, 7) is 32.3. The molecule has 12 aromatic heterocycles. The molecule has 4 aromatic carbocycles. The van der Waals surface area contributed by atoms with E-state index in [1.807, 2.05) is 167 Å². The fourth-order valence-electron chi connectivity index (χ4n) is 18.4. The number of aromatic nitrogens is 20. The number of nitrogens with zero attached hydrogens (tertiary/aromatic N) is 26. The molecule has 0 atom stereocenters. The topological polar surface area (TPSA) is 330 Å². The molecular formula is C102H136Cl7F4N27O4S. The minimum Gasteiger partial charge on any atom is -0.400 e. The molecule has 16 aromatic rings. The van der Waals surface area contributed by atoms with Gasteiger partial charge in [-0.1, -0.05) is 6.92 Å². The van der Waals surface area contributed by atoms with Crippen LogP contribution in [0.3, 0.4) is 0 Å². The van der Waals surface area contributed by atoms with Gasteiger partial charge in [-0.15, -0.1) is 86.8 Å². The Hall–Kier alpha value is -9.94. The van der Waals surface area contributed by atoms with E-state index in [9.17, 15) is 8.42 Å². The molecule has 0 unspecified atom stereocenters. The Kier molecular flexibility index (Phi) is 46.6. The summed E-state index contributed by atoms with van der Waals surface area (Å²) in [5.41, 5.74) is 22.0. The van der Waals surface area contributed by atoms with E-state index < -0.39 is 9.84 Å². The second-order valence-electron chi connectivity index (χ2n) is 37.5. The molecule has 16 heterocycles. The maximum absolute atomic E-state index is 15.2. The van der Waals surface area contributed by atoms with Crippen LogP contribution in [0.2, 0.25) is 0 Å². The molecule has 0 radical (unpaired) electrons. The maximum Gasteiger partial charge on any atom is 0.156 e. The van der Waals surface area contributed by atoms with Crippen LogP contribution < -0.4 is 5.32 Å². The average molecular weight is 2160 g/mol. The van der Waals surface area contributed by atoms with Crippen LogP contribution in [0.15, 0.2) is 122 Å². The van der Waals surface area contributed by atoms with Gasteiger partial charge in [-0.25, -0.2) is 64.0 Å². The van der Waals surface area contributed by atoms with E-state index in [1.54, 1.807) is 36.3 Å². The number of halogens is 11. The first-order chi connectivity index (χ1) is 66.2. The zero-order valence-corrected chi connectivity index (χ0v) is 92.0. The largest absolute Gasteiger partial charge is 0.400 e. The lowest BCUT2D eigenvalue weighted by atomic mass is 9.92. The Morgan fingerprint density at radius 2 is 0.552 bits per heavy atom. The zero-order valence-electron chi connectivity index (χ0n) is 85.4. The van der Waals surface area contributed by atoms with E-state index in [4.69, 9.17) is 10.2 Å². The van der Waals surface area contributed by atoms with Gasteiger partial charge in [-0.3, -0.25) is 0 Å². The van der Waals surface area contributed by atoms with Gasteiger partial charge in [0.05, 0.1) is 122 Å². The SMILES string of the molecule is CCCN1CCC(c2cc3c(F)cc(-c4cc(C)c5nc(C)cn5n4)cc3nn2)CC1.CNC.CO.CS(C)(=O)=O.Cc1cn2nc(-c3cc(F)c4cc(C5CCN(CCN(C)C)CC5)nnc4c3)cc(C)c2n1.Cc1cn2nc(-c3cc(F)c4cc(C5CCN(CCN(C)C)CC5)nnc4c3)cc(C)c2n1.Cc1cn2nc(-c3cc(F)c4cc(C5CCN(CCO)CC5)nnc4c3)cc(C)c2n1.Cl.Cl.Cl.Cl.Cl.Cl.Cl. The monoisotopic (exact) mass is 2160 g/mol. The third-order valence-corrected chi connectivity index (χ3v) is 25.5. The number of hydrogen-bond donors (Lipinski definition) is 3. The van der Waals surface area contributed by atoms with Crippen LogP contribution in [0.5, 0.6) is 0 Å². The Morgan fingerprint density at radius 1 is 0.345 bits per heavy atom. The molecular weight excluding hydrogens is 2020 g/mol. The highest BCUT2D eigenvalue weighted by Crippen LogP contribution is 2.38. The van der Waals surface area contributed by atoms with Gasteiger partial charge < -0.3 is 44.9 Å². The molecule has 0 aliphatic carbocycles. The van der Waals surface area contributed by atoms with E-state index in [0.717, 1.165) is 246 Å². The number of benzene rings is 4. The Balaban J connectivity index is 0.000000250. The van der Waals surface area contributed by atoms with Crippen LogP contribution in [0.25, 0.3) is 111 Å². The first-order valence-electron chi connectivity index (χ1n) is 47.4. The van der Waals surface area contributed by atoms with Crippen molar-refractivity contribution in [1.29, 1.82) is 0 Å². The standard InChI is InChI=1S/2C25H30FN7.C24H27FN6.C23H25FN6O.C2H7N.C2H6O2S.CH4O.7ClH/c2*1-16-11-23(30-33-15-17(2)27-25(16)33)19-12-21(26)20-14-22(28-29-24(20)13-19)18-5-7-32(8-6-18)10-9-31(3)4;1-4-7-30-8-5-17(6-9-30)21-13-19-20(25)11-18(12-23(19)28-27-21)22-10-15(2)24-26-16(3)14-31(24)29-22;1-14-9-21(28-30-13-15(2)25-23(14)30)17-10-19(24)18-12-20(26-27-22(18)11-17)16-3-5-29(6-4-16)7-8-31;1-3-2;1-5(2,3)4;1-2;;;;;;;/h2*11-15,18H,5-10H2,1-4H3;10-14,17H,4-9H2,1-3H3;9-13,16,31H,3-8H2,1-2H3;3H,1-2H3;1-2H3;2H,1H3;7*1H. The fraction of sp³-hybridized carbons (Fsp3) is 0.451. The van der Waals surface area contributed by atoms with Crippen LogP contribution in [0.1, 0.15) is 156 Å². The number of sulfone groups is 1. The maximum atomic E-state index is 15.2. The smallest absolute Gasteiger partial charge is 0.156 e. The summed E-state index contributed by atoms with van der Waals surface area (Å²) in [6.07, 6.45) is 19.1. The number of aliphatic hydroxyl groups is 2. The molecule has 3 N–H and O–H groups in total. The highest BCUT2D eigenvalue weighted by Gasteiger charge is 2.29. The van der Waals surface area contributed by atoms with Gasteiger partial charge in [-0.2, -0.15) is 61.2 Å². The number of piperidine rings is 4. The van der Waals surface area contributed by atoms with Crippen molar-refractivity contribution >= 4 is 163 Å². The number of imidazole rings is 4. The van der Waals surface area contributed by atoms with Gasteiger partial charge >= 0.3 is 0 Å². The van der Waals surface area contributed by atoms with E-state index in [0.29, 0.717) is 113 Å². The summed E-state index contributed by atoms with van der Waals surface area (Å²) >= 11 is 0. The van der Waals surface area contributed by atoms with E-state index in [2.05, 4.69) is 151 Å². The second kappa shape index (κ2) is 55.4. The molecule has 0 spiro atoms. The number of fused-ring (bicyclic) bond motifs is 8. The molecule has 4 aliphatic heterocycles. The van der Waals surface area contributed by atoms with Gasteiger partial charge in [-0.05, 0) is 334 Å². The number of hydrogen-bond acceptors (Lipinski definition) is 27. The van der Waals surface area contributed by atoms with Gasteiger partial charge in [0, 0.05) is 120 Å². The summed E-state index contributed by atoms with van der Waals surface area (Å²) < 4.78 is 86.9. The normalized spacial score (nSPS) is 14.6. The summed E-state index contributed by atoms with van der Waals surface area (Å²) in [5, 5.41) is 74.9. The summed E-state index contributed by atoms with van der Waals surface area (Å²) in [5.74, 6) is 0.0889. The van der Waals surface area contributed by atoms with Crippen LogP contribution in [-0.4, -0.2) is 307 Å². The van der Waals surface area contributed by atoms with Crippen molar-refractivity contribution < 1.29 is 36.2 Å². The van der Waals surface area contributed by atoms with Gasteiger partial charge in [0.15, 0.2) is 22.6 Å².